The van der Waals surface area contributed by atoms with Crippen LogP contribution in [0.25, 0.3) is 0 Å². The molecule has 8 heteroatoms. The lowest BCUT2D eigenvalue weighted by atomic mass is 10.2. The monoisotopic (exact) mass is 332 g/mol. The van der Waals surface area contributed by atoms with Gasteiger partial charge >= 0.3 is 0 Å². The Morgan fingerprint density at radius 2 is 2.24 bits per heavy atom. The van der Waals surface area contributed by atoms with Crippen molar-refractivity contribution in [2.24, 2.45) is 0 Å². The van der Waals surface area contributed by atoms with Crippen LogP contribution in [0.3, 0.4) is 0 Å². The number of hydrogen-bond donors (Lipinski definition) is 2. The van der Waals surface area contributed by atoms with Crippen LogP contribution in [0.1, 0.15) is 36.4 Å². The van der Waals surface area contributed by atoms with Gasteiger partial charge in [0.25, 0.3) is 5.91 Å². The molecular formula is C13H24N4O2S2. The first-order chi connectivity index (χ1) is 9.85. The van der Waals surface area contributed by atoms with E-state index in [1.807, 2.05) is 18.9 Å². The third kappa shape index (κ3) is 5.62. The summed E-state index contributed by atoms with van der Waals surface area (Å²) in [6.45, 7) is 4.85. The molecule has 3 N–H and O–H groups in total. The molecule has 1 aromatic rings. The van der Waals surface area contributed by atoms with Gasteiger partial charge in [-0.1, -0.05) is 18.3 Å². The average Bonchev–Trinajstić information content (AvgIpc) is 2.79. The first-order valence-corrected chi connectivity index (χ1v) is 9.47. The van der Waals surface area contributed by atoms with Gasteiger partial charge in [-0.05, 0) is 19.8 Å². The highest BCUT2D eigenvalue weighted by Crippen LogP contribution is 2.27. The molecule has 6 nitrogen and oxygen atoms in total. The highest BCUT2D eigenvalue weighted by Gasteiger charge is 2.19. The Hall–Kier alpha value is -1.15. The van der Waals surface area contributed by atoms with Crippen molar-refractivity contribution in [3.63, 3.8) is 0 Å². The van der Waals surface area contributed by atoms with Crippen molar-refractivity contribution in [3.8, 4) is 0 Å². The van der Waals surface area contributed by atoms with Crippen LogP contribution in [-0.4, -0.2) is 46.7 Å². The van der Waals surface area contributed by atoms with E-state index in [0.717, 1.165) is 18.1 Å². The zero-order valence-corrected chi connectivity index (χ0v) is 14.6. The Morgan fingerprint density at radius 1 is 1.57 bits per heavy atom. The number of carbonyl (C=O) groups is 1. The Balaban J connectivity index is 2.67. The lowest BCUT2D eigenvalue weighted by Gasteiger charge is -2.13. The molecule has 1 heterocycles. The van der Waals surface area contributed by atoms with E-state index < -0.39 is 10.8 Å². The van der Waals surface area contributed by atoms with Crippen molar-refractivity contribution in [1.82, 2.24) is 10.3 Å². The fraction of sp³-hybridized carbons (Fsp3) is 0.692. The topological polar surface area (TPSA) is 88.3 Å². The van der Waals surface area contributed by atoms with Gasteiger partial charge in [-0.25, -0.2) is 4.98 Å². The molecule has 0 bridgehead atoms. The number of amides is 1. The lowest BCUT2D eigenvalue weighted by molar-refractivity contribution is 0.0944. The Bertz CT molecular complexity index is 504. The second kappa shape index (κ2) is 8.33. The number of nitrogen functional groups attached to an aromatic ring is 1. The van der Waals surface area contributed by atoms with Gasteiger partial charge in [-0.15, -0.1) is 0 Å². The summed E-state index contributed by atoms with van der Waals surface area (Å²) in [6, 6.07) is -0.0419. The van der Waals surface area contributed by atoms with Gasteiger partial charge in [-0.2, -0.15) is 0 Å². The van der Waals surface area contributed by atoms with Crippen molar-refractivity contribution in [2.75, 3.05) is 36.2 Å². The second-order valence-corrected chi connectivity index (χ2v) is 7.61. The molecule has 0 aliphatic heterocycles. The quantitative estimate of drug-likeness (QED) is 0.752. The summed E-state index contributed by atoms with van der Waals surface area (Å²) >= 11 is 1.30. The molecule has 0 aliphatic carbocycles. The van der Waals surface area contributed by atoms with E-state index in [0.29, 0.717) is 17.1 Å². The summed E-state index contributed by atoms with van der Waals surface area (Å²) in [5, 5.41) is 3.63. The average molecular weight is 332 g/mol. The van der Waals surface area contributed by atoms with Gasteiger partial charge in [-0.3, -0.25) is 9.00 Å². The second-order valence-electron chi connectivity index (χ2n) is 5.07. The molecule has 1 amide bonds. The van der Waals surface area contributed by atoms with Crippen molar-refractivity contribution >= 4 is 39.0 Å². The Kier molecular flexibility index (Phi) is 7.10. The van der Waals surface area contributed by atoms with Gasteiger partial charge in [0.2, 0.25) is 0 Å². The first-order valence-electron chi connectivity index (χ1n) is 6.93. The number of hydrogen-bond acceptors (Lipinski definition) is 6. The Labute approximate surface area is 132 Å². The van der Waals surface area contributed by atoms with Gasteiger partial charge in [0.15, 0.2) is 5.13 Å². The molecule has 1 rings (SSSR count). The molecule has 0 aromatic carbocycles. The van der Waals surface area contributed by atoms with E-state index in [1.54, 1.807) is 6.26 Å². The molecule has 0 spiro atoms. The maximum absolute atomic E-state index is 12.2. The van der Waals surface area contributed by atoms with Crippen LogP contribution in [0, 0.1) is 0 Å². The molecular weight excluding hydrogens is 308 g/mol. The van der Waals surface area contributed by atoms with Crippen LogP contribution in [0.5, 0.6) is 0 Å². The van der Waals surface area contributed by atoms with E-state index >= 15 is 0 Å². The van der Waals surface area contributed by atoms with Crippen molar-refractivity contribution in [2.45, 2.75) is 32.7 Å². The van der Waals surface area contributed by atoms with Crippen molar-refractivity contribution < 1.29 is 9.00 Å². The third-order valence-corrected chi connectivity index (χ3v) is 4.94. The number of nitrogens with one attached hydrogen (secondary N) is 1. The van der Waals surface area contributed by atoms with Crippen LogP contribution in [0.15, 0.2) is 0 Å². The number of thiazole rings is 1. The number of anilines is 2. The standard InChI is InChI=1S/C13H24N4O2S2/c1-5-7-17(3)13-16-11(14)10(20-13)12(18)15-9(2)6-8-21(4)19/h9H,5-8,14H2,1-4H3,(H,15,18). The minimum atomic E-state index is -0.847. The zero-order valence-electron chi connectivity index (χ0n) is 13.0. The summed E-state index contributed by atoms with van der Waals surface area (Å²) in [5.41, 5.74) is 5.84. The molecule has 0 saturated carbocycles. The maximum atomic E-state index is 12.2. The predicted octanol–water partition coefficient (Wildman–Crippen LogP) is 1.46. The molecule has 21 heavy (non-hydrogen) atoms. The lowest BCUT2D eigenvalue weighted by Crippen LogP contribution is -2.33. The summed E-state index contributed by atoms with van der Waals surface area (Å²) in [5.74, 6) is 0.627. The van der Waals surface area contributed by atoms with Crippen LogP contribution >= 0.6 is 11.3 Å². The summed E-state index contributed by atoms with van der Waals surface area (Å²) in [4.78, 5) is 18.9. The van der Waals surface area contributed by atoms with E-state index in [2.05, 4.69) is 17.2 Å². The number of nitrogens with two attached hydrogens (primary N) is 1. The van der Waals surface area contributed by atoms with E-state index in [4.69, 9.17) is 5.73 Å². The van der Waals surface area contributed by atoms with Crippen LogP contribution < -0.4 is 16.0 Å². The minimum absolute atomic E-state index is 0.0419. The van der Waals surface area contributed by atoms with Crippen LogP contribution in [-0.2, 0) is 10.8 Å². The molecule has 1 aromatic heterocycles. The molecule has 2 atom stereocenters. The van der Waals surface area contributed by atoms with Crippen molar-refractivity contribution in [1.29, 1.82) is 0 Å². The van der Waals surface area contributed by atoms with Gasteiger partial charge in [0.05, 0.1) is 0 Å². The normalized spacial score (nSPS) is 13.7. The largest absolute Gasteiger partial charge is 0.382 e. The van der Waals surface area contributed by atoms with Gasteiger partial charge in [0, 0.05) is 42.4 Å². The molecule has 0 radical (unpaired) electrons. The predicted molar refractivity (Wildman–Crippen MR) is 90.6 cm³/mol. The molecule has 0 saturated heterocycles. The summed E-state index contributed by atoms with van der Waals surface area (Å²) < 4.78 is 11.1. The smallest absolute Gasteiger partial charge is 0.265 e. The summed E-state index contributed by atoms with van der Waals surface area (Å²) in [6.07, 6.45) is 3.34. The van der Waals surface area contributed by atoms with Gasteiger partial charge in [0.1, 0.15) is 10.7 Å². The first kappa shape index (κ1) is 17.9. The van der Waals surface area contributed by atoms with Crippen LogP contribution in [0.2, 0.25) is 0 Å². The fourth-order valence-corrected chi connectivity index (χ4v) is 3.34. The van der Waals surface area contributed by atoms with Crippen LogP contribution in [0.4, 0.5) is 10.9 Å². The number of nitrogens with zero attached hydrogens (tertiary/aromatic N) is 2. The number of aromatic nitrogens is 1. The molecule has 0 aliphatic rings. The molecule has 0 fully saturated rings. The van der Waals surface area contributed by atoms with E-state index in [-0.39, 0.29) is 17.8 Å². The Morgan fingerprint density at radius 3 is 2.81 bits per heavy atom. The highest BCUT2D eigenvalue weighted by molar-refractivity contribution is 7.84. The molecule has 2 unspecified atom stereocenters. The maximum Gasteiger partial charge on any atom is 0.265 e. The molecule has 120 valence electrons. The number of rotatable bonds is 8. The summed E-state index contributed by atoms with van der Waals surface area (Å²) in [7, 11) is 1.09. The highest BCUT2D eigenvalue weighted by atomic mass is 32.2. The van der Waals surface area contributed by atoms with E-state index in [1.165, 1.54) is 11.3 Å². The zero-order chi connectivity index (χ0) is 16.0. The fourth-order valence-electron chi connectivity index (χ4n) is 1.78. The minimum Gasteiger partial charge on any atom is -0.382 e. The third-order valence-electron chi connectivity index (χ3n) is 2.95. The number of carbonyl (C=O) groups excluding carboxylic acids is 1. The van der Waals surface area contributed by atoms with Gasteiger partial charge < -0.3 is 16.0 Å². The van der Waals surface area contributed by atoms with Crippen molar-refractivity contribution in [3.05, 3.63) is 4.88 Å². The van der Waals surface area contributed by atoms with E-state index in [9.17, 15) is 9.00 Å². The SMILES string of the molecule is CCCN(C)c1nc(N)c(C(=O)NC(C)CCS(C)=O)s1.